The van der Waals surface area contributed by atoms with E-state index < -0.39 is 0 Å². The summed E-state index contributed by atoms with van der Waals surface area (Å²) >= 11 is 0. The fourth-order valence-corrected chi connectivity index (χ4v) is 2.19. The molecule has 1 aliphatic heterocycles. The van der Waals surface area contributed by atoms with Gasteiger partial charge in [-0.2, -0.15) is 0 Å². The fourth-order valence-electron chi connectivity index (χ4n) is 2.19. The molecule has 0 aliphatic carbocycles. The molecule has 0 radical (unpaired) electrons. The van der Waals surface area contributed by atoms with Gasteiger partial charge in [0.1, 0.15) is 0 Å². The van der Waals surface area contributed by atoms with Crippen LogP contribution in [0.3, 0.4) is 0 Å². The second-order valence-corrected chi connectivity index (χ2v) is 4.42. The molecule has 1 rings (SSSR count). The predicted octanol–water partition coefficient (Wildman–Crippen LogP) is 0.410. The number of hydrogen-bond acceptors (Lipinski definition) is 1. The molecule has 0 bridgehead atoms. The Hall–Kier alpha value is -0.0800. The molecule has 0 amide bonds. The Kier molecular flexibility index (Phi) is 4.74. The SMILES string of the molecule is CCCCCC1CCC([O-])C(C)[NH2+]1. The van der Waals surface area contributed by atoms with Gasteiger partial charge in [0.25, 0.3) is 0 Å². The van der Waals surface area contributed by atoms with Gasteiger partial charge in [-0.1, -0.05) is 32.3 Å². The highest BCUT2D eigenvalue weighted by Crippen LogP contribution is 2.11. The minimum atomic E-state index is -0.317. The molecule has 2 heteroatoms. The summed E-state index contributed by atoms with van der Waals surface area (Å²) in [5.74, 6) is 0. The van der Waals surface area contributed by atoms with Gasteiger partial charge in [-0.25, -0.2) is 0 Å². The molecule has 2 nitrogen and oxygen atoms in total. The zero-order valence-corrected chi connectivity index (χ0v) is 8.96. The van der Waals surface area contributed by atoms with Crippen LogP contribution in [0.1, 0.15) is 52.4 Å². The van der Waals surface area contributed by atoms with E-state index in [-0.39, 0.29) is 6.10 Å². The minimum Gasteiger partial charge on any atom is -0.848 e. The van der Waals surface area contributed by atoms with Crippen LogP contribution in [0, 0.1) is 0 Å². The van der Waals surface area contributed by atoms with E-state index in [0.29, 0.717) is 6.04 Å². The average Bonchev–Trinajstić information content (AvgIpc) is 2.12. The average molecular weight is 185 g/mol. The molecule has 78 valence electrons. The third-order valence-electron chi connectivity index (χ3n) is 3.16. The van der Waals surface area contributed by atoms with Crippen LogP contribution in [0.4, 0.5) is 0 Å². The van der Waals surface area contributed by atoms with Crippen molar-refractivity contribution in [1.82, 2.24) is 0 Å². The molecule has 0 aromatic carbocycles. The highest BCUT2D eigenvalue weighted by atomic mass is 16.3. The van der Waals surface area contributed by atoms with E-state index in [2.05, 4.69) is 19.2 Å². The van der Waals surface area contributed by atoms with Crippen molar-refractivity contribution in [3.05, 3.63) is 0 Å². The van der Waals surface area contributed by atoms with E-state index in [4.69, 9.17) is 0 Å². The molecule has 0 spiro atoms. The Morgan fingerprint density at radius 1 is 1.31 bits per heavy atom. The van der Waals surface area contributed by atoms with Crippen molar-refractivity contribution in [3.63, 3.8) is 0 Å². The zero-order chi connectivity index (χ0) is 9.68. The summed E-state index contributed by atoms with van der Waals surface area (Å²) in [7, 11) is 0. The maximum atomic E-state index is 11.3. The molecule has 1 aliphatic rings. The molecule has 0 aromatic rings. The number of hydrogen-bond donors (Lipinski definition) is 1. The maximum Gasteiger partial charge on any atom is 0.0860 e. The summed E-state index contributed by atoms with van der Waals surface area (Å²) < 4.78 is 0. The minimum absolute atomic E-state index is 0.306. The standard InChI is InChI=1S/C11H22NO/c1-3-4-5-6-10-7-8-11(13)9(2)12-10/h9-12H,3-8H2,1-2H3/q-1/p+1. The van der Waals surface area contributed by atoms with Crippen LogP contribution in [-0.4, -0.2) is 18.2 Å². The maximum absolute atomic E-state index is 11.3. The molecule has 0 aromatic heterocycles. The number of rotatable bonds is 4. The van der Waals surface area contributed by atoms with E-state index in [1.807, 2.05) is 0 Å². The fraction of sp³-hybridized carbons (Fsp3) is 1.00. The Morgan fingerprint density at radius 3 is 2.69 bits per heavy atom. The van der Waals surface area contributed by atoms with Gasteiger partial charge in [-0.15, -0.1) is 0 Å². The predicted molar refractivity (Wildman–Crippen MR) is 52.3 cm³/mol. The Balaban J connectivity index is 2.14. The lowest BCUT2D eigenvalue weighted by Crippen LogP contribution is -2.99. The van der Waals surface area contributed by atoms with Crippen LogP contribution in [-0.2, 0) is 0 Å². The lowest BCUT2D eigenvalue weighted by atomic mass is 9.93. The van der Waals surface area contributed by atoms with Gasteiger partial charge < -0.3 is 10.4 Å². The van der Waals surface area contributed by atoms with E-state index in [1.165, 1.54) is 25.7 Å². The lowest BCUT2D eigenvalue weighted by Gasteiger charge is -2.36. The van der Waals surface area contributed by atoms with Gasteiger partial charge >= 0.3 is 0 Å². The Morgan fingerprint density at radius 2 is 2.08 bits per heavy atom. The molecule has 1 heterocycles. The molecular weight excluding hydrogens is 162 g/mol. The van der Waals surface area contributed by atoms with Crippen LogP contribution >= 0.6 is 0 Å². The van der Waals surface area contributed by atoms with Crippen LogP contribution in [0.5, 0.6) is 0 Å². The van der Waals surface area contributed by atoms with Crippen molar-refractivity contribution in [2.45, 2.75) is 70.6 Å². The van der Waals surface area contributed by atoms with Crippen molar-refractivity contribution in [1.29, 1.82) is 0 Å². The monoisotopic (exact) mass is 185 g/mol. The van der Waals surface area contributed by atoms with Crippen molar-refractivity contribution in [2.75, 3.05) is 0 Å². The smallest absolute Gasteiger partial charge is 0.0860 e. The van der Waals surface area contributed by atoms with Gasteiger partial charge in [0.05, 0.1) is 12.1 Å². The van der Waals surface area contributed by atoms with Crippen molar-refractivity contribution in [2.24, 2.45) is 0 Å². The number of quaternary nitrogens is 1. The molecule has 1 saturated heterocycles. The summed E-state index contributed by atoms with van der Waals surface area (Å²) in [6.45, 7) is 4.31. The second kappa shape index (κ2) is 5.61. The van der Waals surface area contributed by atoms with Gasteiger partial charge in [-0.05, 0) is 26.2 Å². The first kappa shape index (κ1) is 11.0. The molecule has 3 unspecified atom stereocenters. The Labute approximate surface area is 81.7 Å². The van der Waals surface area contributed by atoms with Crippen LogP contribution in [0.2, 0.25) is 0 Å². The topological polar surface area (TPSA) is 39.7 Å². The molecular formula is C11H23NO. The third-order valence-corrected chi connectivity index (χ3v) is 3.16. The second-order valence-electron chi connectivity index (χ2n) is 4.42. The lowest BCUT2D eigenvalue weighted by molar-refractivity contribution is -0.753. The Bertz CT molecular complexity index is 138. The number of piperidine rings is 1. The third kappa shape index (κ3) is 3.65. The molecule has 2 N–H and O–H groups in total. The van der Waals surface area contributed by atoms with Crippen LogP contribution in [0.25, 0.3) is 0 Å². The highest BCUT2D eigenvalue weighted by Gasteiger charge is 2.23. The van der Waals surface area contributed by atoms with Gasteiger partial charge in [0.15, 0.2) is 0 Å². The first-order valence-electron chi connectivity index (χ1n) is 5.74. The van der Waals surface area contributed by atoms with Crippen molar-refractivity contribution >= 4 is 0 Å². The van der Waals surface area contributed by atoms with Crippen molar-refractivity contribution < 1.29 is 10.4 Å². The van der Waals surface area contributed by atoms with E-state index >= 15 is 0 Å². The first-order chi connectivity index (χ1) is 6.24. The largest absolute Gasteiger partial charge is 0.848 e. The number of nitrogens with two attached hydrogens (primary N) is 1. The van der Waals surface area contributed by atoms with Gasteiger partial charge in [0, 0.05) is 0 Å². The van der Waals surface area contributed by atoms with E-state index in [0.717, 1.165) is 18.9 Å². The van der Waals surface area contributed by atoms with Crippen LogP contribution < -0.4 is 10.4 Å². The zero-order valence-electron chi connectivity index (χ0n) is 8.96. The van der Waals surface area contributed by atoms with Crippen LogP contribution in [0.15, 0.2) is 0 Å². The molecule has 13 heavy (non-hydrogen) atoms. The quantitative estimate of drug-likeness (QED) is 0.633. The molecule has 0 saturated carbocycles. The molecule has 3 atom stereocenters. The normalized spacial score (nSPS) is 34.8. The summed E-state index contributed by atoms with van der Waals surface area (Å²) in [6, 6.07) is 1.05. The summed E-state index contributed by atoms with van der Waals surface area (Å²) in [4.78, 5) is 0. The van der Waals surface area contributed by atoms with E-state index in [1.54, 1.807) is 0 Å². The summed E-state index contributed by atoms with van der Waals surface area (Å²) in [5.41, 5.74) is 0. The highest BCUT2D eigenvalue weighted by molar-refractivity contribution is 4.69. The number of unbranched alkanes of at least 4 members (excludes halogenated alkanes) is 2. The van der Waals surface area contributed by atoms with E-state index in [9.17, 15) is 5.11 Å². The molecule has 1 fully saturated rings. The summed E-state index contributed by atoms with van der Waals surface area (Å²) in [6.07, 6.45) is 7.02. The van der Waals surface area contributed by atoms with Crippen molar-refractivity contribution in [3.8, 4) is 0 Å². The van der Waals surface area contributed by atoms with Gasteiger partial charge in [0.2, 0.25) is 0 Å². The summed E-state index contributed by atoms with van der Waals surface area (Å²) in [5, 5.41) is 13.6. The van der Waals surface area contributed by atoms with Gasteiger partial charge in [-0.3, -0.25) is 0 Å². The first-order valence-corrected chi connectivity index (χ1v) is 5.74.